The predicted molar refractivity (Wildman–Crippen MR) is 134 cm³/mol. The Morgan fingerprint density at radius 1 is 1.06 bits per heavy atom. The van der Waals surface area contributed by atoms with Gasteiger partial charge in [0.15, 0.2) is 5.72 Å². The van der Waals surface area contributed by atoms with Crippen LogP contribution in [0.5, 0.6) is 0 Å². The molecule has 5 aliphatic heterocycles. The molecule has 2 N–H and O–H groups in total. The van der Waals surface area contributed by atoms with E-state index in [1.807, 2.05) is 7.05 Å². The minimum Gasteiger partial charge on any atom is -0.375 e. The van der Waals surface area contributed by atoms with Crippen molar-refractivity contribution in [1.29, 1.82) is 0 Å². The molecule has 0 spiro atoms. The molecule has 0 radical (unpaired) electrons. The van der Waals surface area contributed by atoms with E-state index in [9.17, 15) is 4.79 Å². The maximum atomic E-state index is 13.4. The highest BCUT2D eigenvalue weighted by Gasteiger charge is 2.63. The van der Waals surface area contributed by atoms with E-state index >= 15 is 0 Å². The number of hydrogen-bond acceptors (Lipinski definition) is 6. The molecule has 1 aromatic carbocycles. The van der Waals surface area contributed by atoms with Crippen LogP contribution in [0, 0.1) is 0 Å². The van der Waals surface area contributed by atoms with Crippen LogP contribution in [0.25, 0.3) is 0 Å². The minimum atomic E-state index is -0.679. The molecule has 5 heterocycles. The van der Waals surface area contributed by atoms with E-state index in [2.05, 4.69) is 76.0 Å². The average Bonchev–Trinajstić information content (AvgIpc) is 3.51. The number of likely N-dealkylation sites (N-methyl/N-ethyl adjacent to an activating group) is 1. The Morgan fingerprint density at radius 2 is 1.77 bits per heavy atom. The lowest BCUT2D eigenvalue weighted by atomic mass is 9.82. The molecule has 1 fully saturated rings. The number of methoxy groups -OCH3 is 1. The third-order valence-corrected chi connectivity index (χ3v) is 9.42. The molecule has 8 rings (SSSR count). The Labute approximate surface area is 205 Å². The Morgan fingerprint density at radius 3 is 2.51 bits per heavy atom. The third-order valence-electron chi connectivity index (χ3n) is 9.42. The summed E-state index contributed by atoms with van der Waals surface area (Å²) in [5.41, 5.74) is 6.28. The molecule has 2 aliphatic carbocycles. The summed E-state index contributed by atoms with van der Waals surface area (Å²) in [6.07, 6.45) is 18.2. The van der Waals surface area contributed by atoms with E-state index in [1.54, 1.807) is 7.11 Å². The van der Waals surface area contributed by atoms with Gasteiger partial charge in [0.05, 0.1) is 29.0 Å². The number of nitrogens with zero attached hydrogens (tertiary/aromatic N) is 2. The standard InChI is InChI=1S/C28H30N4O3/c1-28-26(34-3)17(29-2)12-20(35-28)31-18-10-6-4-8-14(18)22-23-16(13-30-27(23)33)21-15-9-5-7-11-19(15)32(28)25(21)24(22)31/h4-11,14-15,17-20,26,29H,12-13H2,1-3H3,(H,30,33)/t14-,15-,17-,18-,19+,20-,26-,28+/m1/s1. The lowest BCUT2D eigenvalue weighted by molar-refractivity contribution is -0.199. The normalized spacial score (nSPS) is 40.4. The molecule has 180 valence electrons. The molecule has 1 aromatic rings. The summed E-state index contributed by atoms with van der Waals surface area (Å²) in [7, 11) is 3.82. The number of benzene rings is 1. The SMILES string of the molecule is CN[C@@H]1C[C@H]2O[C@@](C)([C@@H]1OC)N1c3c(c4c(c5c3N2[C@@H]2C=CC=C[C@@H]52)C(=O)NC4)[C@@H]2C=CC=C[C@@H]21. The van der Waals surface area contributed by atoms with Gasteiger partial charge in [-0.25, -0.2) is 0 Å². The van der Waals surface area contributed by atoms with Gasteiger partial charge in [-0.2, -0.15) is 0 Å². The molecule has 7 heteroatoms. The molecule has 0 unspecified atom stereocenters. The van der Waals surface area contributed by atoms with Gasteiger partial charge in [-0.1, -0.05) is 48.6 Å². The van der Waals surface area contributed by atoms with E-state index < -0.39 is 5.72 Å². The summed E-state index contributed by atoms with van der Waals surface area (Å²) in [6.45, 7) is 2.79. The Balaban J connectivity index is 1.51. The zero-order valence-electron chi connectivity index (χ0n) is 20.2. The number of amides is 1. The van der Waals surface area contributed by atoms with Gasteiger partial charge < -0.3 is 29.9 Å². The van der Waals surface area contributed by atoms with Gasteiger partial charge in [0, 0.05) is 43.5 Å². The number of anilines is 2. The fraction of sp³-hybridized carbons (Fsp3) is 0.464. The largest absolute Gasteiger partial charge is 0.375 e. The van der Waals surface area contributed by atoms with Gasteiger partial charge in [0.1, 0.15) is 12.3 Å². The van der Waals surface area contributed by atoms with Crippen molar-refractivity contribution in [3.63, 3.8) is 0 Å². The van der Waals surface area contributed by atoms with Crippen molar-refractivity contribution in [2.45, 2.75) is 67.9 Å². The highest BCUT2D eigenvalue weighted by atomic mass is 16.6. The maximum Gasteiger partial charge on any atom is 0.252 e. The highest BCUT2D eigenvalue weighted by Crippen LogP contribution is 2.64. The molecule has 0 saturated carbocycles. The number of fused-ring (bicyclic) bond motifs is 13. The van der Waals surface area contributed by atoms with Gasteiger partial charge in [-0.05, 0) is 25.1 Å². The quantitative estimate of drug-likeness (QED) is 0.693. The van der Waals surface area contributed by atoms with E-state index in [0.717, 1.165) is 12.0 Å². The number of ether oxygens (including phenoxy) is 2. The molecule has 1 amide bonds. The Kier molecular flexibility index (Phi) is 3.87. The van der Waals surface area contributed by atoms with Crippen LogP contribution in [0.3, 0.4) is 0 Å². The molecular weight excluding hydrogens is 440 g/mol. The molecule has 8 atom stereocenters. The van der Waals surface area contributed by atoms with Crippen molar-refractivity contribution in [2.75, 3.05) is 24.0 Å². The van der Waals surface area contributed by atoms with Crippen molar-refractivity contribution in [2.24, 2.45) is 0 Å². The van der Waals surface area contributed by atoms with Crippen LogP contribution in [-0.4, -0.2) is 56.2 Å². The van der Waals surface area contributed by atoms with Gasteiger partial charge in [0.25, 0.3) is 5.91 Å². The molecular formula is C28H30N4O3. The fourth-order valence-electron chi connectivity index (χ4n) is 8.21. The number of hydrogen-bond donors (Lipinski definition) is 2. The van der Waals surface area contributed by atoms with Crippen molar-refractivity contribution in [3.05, 3.63) is 70.9 Å². The first kappa shape index (κ1) is 20.3. The summed E-state index contributed by atoms with van der Waals surface area (Å²) < 4.78 is 13.4. The van der Waals surface area contributed by atoms with E-state index in [1.165, 1.54) is 28.1 Å². The molecule has 2 bridgehead atoms. The smallest absolute Gasteiger partial charge is 0.252 e. The Bertz CT molecular complexity index is 1300. The van der Waals surface area contributed by atoms with Crippen LogP contribution in [0.4, 0.5) is 11.4 Å². The molecule has 35 heavy (non-hydrogen) atoms. The zero-order valence-corrected chi connectivity index (χ0v) is 20.2. The van der Waals surface area contributed by atoms with Crippen LogP contribution in [0.2, 0.25) is 0 Å². The number of nitrogens with one attached hydrogen (secondary N) is 2. The van der Waals surface area contributed by atoms with Crippen molar-refractivity contribution < 1.29 is 14.3 Å². The van der Waals surface area contributed by atoms with Gasteiger partial charge in [-0.15, -0.1) is 0 Å². The summed E-state index contributed by atoms with van der Waals surface area (Å²) in [4.78, 5) is 18.4. The second kappa shape index (κ2) is 6.66. The first-order valence-corrected chi connectivity index (χ1v) is 12.7. The Hall–Kier alpha value is -2.87. The second-order valence-corrected chi connectivity index (χ2v) is 10.8. The lowest BCUT2D eigenvalue weighted by Crippen LogP contribution is -2.70. The number of carbonyl (C=O) groups is 1. The van der Waals surface area contributed by atoms with Gasteiger partial charge in [-0.3, -0.25) is 4.79 Å². The predicted octanol–water partition coefficient (Wildman–Crippen LogP) is 2.81. The van der Waals surface area contributed by atoms with E-state index in [4.69, 9.17) is 9.47 Å². The topological polar surface area (TPSA) is 66.1 Å². The zero-order chi connectivity index (χ0) is 23.6. The molecule has 0 aromatic heterocycles. The third kappa shape index (κ3) is 2.22. The van der Waals surface area contributed by atoms with Crippen molar-refractivity contribution in [3.8, 4) is 0 Å². The van der Waals surface area contributed by atoms with Gasteiger partial charge >= 0.3 is 0 Å². The van der Waals surface area contributed by atoms with Crippen LogP contribution < -0.4 is 20.4 Å². The number of rotatable bonds is 2. The summed E-state index contributed by atoms with van der Waals surface area (Å²) >= 11 is 0. The highest BCUT2D eigenvalue weighted by molar-refractivity contribution is 6.06. The molecule has 7 aliphatic rings. The monoisotopic (exact) mass is 470 g/mol. The first-order chi connectivity index (χ1) is 17.1. The maximum absolute atomic E-state index is 13.4. The second-order valence-electron chi connectivity index (χ2n) is 10.8. The molecule has 7 nitrogen and oxygen atoms in total. The number of allylic oxidation sites excluding steroid dienone is 4. The van der Waals surface area contributed by atoms with Crippen LogP contribution in [-0.2, 0) is 16.0 Å². The van der Waals surface area contributed by atoms with E-state index in [0.29, 0.717) is 6.54 Å². The van der Waals surface area contributed by atoms with Crippen LogP contribution in [0.15, 0.2) is 48.6 Å². The lowest BCUT2D eigenvalue weighted by Gasteiger charge is -2.54. The van der Waals surface area contributed by atoms with Crippen LogP contribution in [0.1, 0.15) is 52.2 Å². The summed E-state index contributed by atoms with van der Waals surface area (Å²) in [5, 5.41) is 6.72. The van der Waals surface area contributed by atoms with Crippen LogP contribution >= 0.6 is 0 Å². The summed E-state index contributed by atoms with van der Waals surface area (Å²) in [6, 6.07) is 0.358. The minimum absolute atomic E-state index is 0.0603. The summed E-state index contributed by atoms with van der Waals surface area (Å²) in [5.74, 6) is 0.363. The average molecular weight is 471 g/mol. The first-order valence-electron chi connectivity index (χ1n) is 12.7. The molecule has 1 saturated heterocycles. The van der Waals surface area contributed by atoms with Gasteiger partial charge in [0.2, 0.25) is 0 Å². The van der Waals surface area contributed by atoms with Crippen molar-refractivity contribution >= 4 is 17.3 Å². The number of carbonyl (C=O) groups excluding carboxylic acids is 1. The van der Waals surface area contributed by atoms with E-state index in [-0.39, 0.29) is 48.2 Å². The van der Waals surface area contributed by atoms with Crippen molar-refractivity contribution in [1.82, 2.24) is 10.6 Å². The fourth-order valence-corrected chi connectivity index (χ4v) is 8.21.